The number of nitrogens with one attached hydrogen (secondary N) is 1. The summed E-state index contributed by atoms with van der Waals surface area (Å²) in [6.45, 7) is 1.81. The van der Waals surface area contributed by atoms with Gasteiger partial charge in [-0.2, -0.15) is 0 Å². The Balaban J connectivity index is 2.69. The van der Waals surface area contributed by atoms with Gasteiger partial charge in [0.1, 0.15) is 5.82 Å². The molecule has 6 nitrogen and oxygen atoms in total. The minimum absolute atomic E-state index is 0.102. The SMILES string of the molecule is CC(CCNc1ccc(S(N)(=O)=O)cc1F)C(=O)O. The Morgan fingerprint density at radius 2 is 2.16 bits per heavy atom. The number of primary sulfonamides is 1. The average Bonchev–Trinajstić information content (AvgIpc) is 2.29. The van der Waals surface area contributed by atoms with E-state index in [-0.39, 0.29) is 17.1 Å². The van der Waals surface area contributed by atoms with Crippen molar-refractivity contribution in [2.45, 2.75) is 18.2 Å². The van der Waals surface area contributed by atoms with Crippen LogP contribution in [0.1, 0.15) is 13.3 Å². The summed E-state index contributed by atoms with van der Waals surface area (Å²) < 4.78 is 35.6. The van der Waals surface area contributed by atoms with Crippen molar-refractivity contribution in [3.8, 4) is 0 Å². The quantitative estimate of drug-likeness (QED) is 0.724. The molecule has 1 unspecified atom stereocenters. The Morgan fingerprint density at radius 1 is 1.53 bits per heavy atom. The minimum atomic E-state index is -3.93. The van der Waals surface area contributed by atoms with E-state index in [4.69, 9.17) is 10.2 Å². The fraction of sp³-hybridized carbons (Fsp3) is 0.364. The minimum Gasteiger partial charge on any atom is -0.481 e. The molecule has 0 aliphatic carbocycles. The van der Waals surface area contributed by atoms with Crippen LogP contribution in [0.25, 0.3) is 0 Å². The van der Waals surface area contributed by atoms with Crippen molar-refractivity contribution < 1.29 is 22.7 Å². The third-order valence-electron chi connectivity index (χ3n) is 2.58. The van der Waals surface area contributed by atoms with Crippen LogP contribution in [-0.2, 0) is 14.8 Å². The van der Waals surface area contributed by atoms with Gasteiger partial charge in [0.15, 0.2) is 0 Å². The van der Waals surface area contributed by atoms with Gasteiger partial charge < -0.3 is 10.4 Å². The van der Waals surface area contributed by atoms with Crippen LogP contribution >= 0.6 is 0 Å². The molecule has 0 saturated heterocycles. The van der Waals surface area contributed by atoms with E-state index in [2.05, 4.69) is 5.32 Å². The highest BCUT2D eigenvalue weighted by atomic mass is 32.2. The summed E-state index contributed by atoms with van der Waals surface area (Å²) in [6, 6.07) is 3.25. The first-order valence-electron chi connectivity index (χ1n) is 5.51. The van der Waals surface area contributed by atoms with E-state index < -0.39 is 27.7 Å². The molecule has 1 aromatic rings. The summed E-state index contributed by atoms with van der Waals surface area (Å²) in [4.78, 5) is 10.3. The van der Waals surface area contributed by atoms with E-state index in [1.165, 1.54) is 12.1 Å². The molecule has 0 saturated carbocycles. The number of carboxylic acid groups (broad SMARTS) is 1. The van der Waals surface area contributed by atoms with E-state index in [1.54, 1.807) is 6.92 Å². The van der Waals surface area contributed by atoms with E-state index in [0.717, 1.165) is 6.07 Å². The molecule has 1 aromatic carbocycles. The molecular formula is C11H15FN2O4S. The number of aliphatic carboxylic acids is 1. The van der Waals surface area contributed by atoms with E-state index in [0.29, 0.717) is 6.42 Å². The molecule has 0 aliphatic rings. The fourth-order valence-electron chi connectivity index (χ4n) is 1.36. The number of rotatable bonds is 6. The maximum Gasteiger partial charge on any atom is 0.306 e. The van der Waals surface area contributed by atoms with E-state index >= 15 is 0 Å². The molecule has 8 heteroatoms. The number of sulfonamides is 1. The number of hydrogen-bond acceptors (Lipinski definition) is 4. The summed E-state index contributed by atoms with van der Waals surface area (Å²) in [5.74, 6) is -2.22. The van der Waals surface area contributed by atoms with Crippen LogP contribution in [0.2, 0.25) is 0 Å². The molecule has 0 radical (unpaired) electrons. The average molecular weight is 290 g/mol. The van der Waals surface area contributed by atoms with Crippen molar-refractivity contribution >= 4 is 21.7 Å². The standard InChI is InChI=1S/C11H15FN2O4S/c1-7(11(15)16)4-5-14-10-3-2-8(6-9(10)12)19(13,17)18/h2-3,6-7,14H,4-5H2,1H3,(H,15,16)(H2,13,17,18). The Morgan fingerprint density at radius 3 is 2.63 bits per heavy atom. The third-order valence-corrected chi connectivity index (χ3v) is 3.49. The number of carboxylic acids is 1. The molecule has 19 heavy (non-hydrogen) atoms. The van der Waals surface area contributed by atoms with Gasteiger partial charge >= 0.3 is 5.97 Å². The van der Waals surface area contributed by atoms with Gasteiger partial charge in [0.05, 0.1) is 16.5 Å². The first-order valence-corrected chi connectivity index (χ1v) is 7.05. The lowest BCUT2D eigenvalue weighted by atomic mass is 10.1. The van der Waals surface area contributed by atoms with Crippen LogP contribution in [0.15, 0.2) is 23.1 Å². The molecule has 1 rings (SSSR count). The number of halogens is 1. The molecule has 1 atom stereocenters. The lowest BCUT2D eigenvalue weighted by Crippen LogP contribution is -2.15. The number of nitrogens with two attached hydrogens (primary N) is 1. The van der Waals surface area contributed by atoms with E-state index in [9.17, 15) is 17.6 Å². The van der Waals surface area contributed by atoms with Crippen LogP contribution < -0.4 is 10.5 Å². The maximum atomic E-state index is 13.6. The Labute approximate surface area is 110 Å². The summed E-state index contributed by atoms with van der Waals surface area (Å²) in [7, 11) is -3.93. The molecular weight excluding hydrogens is 275 g/mol. The number of carbonyl (C=O) groups is 1. The zero-order valence-corrected chi connectivity index (χ0v) is 11.1. The lowest BCUT2D eigenvalue weighted by molar-refractivity contribution is -0.141. The molecule has 0 fully saturated rings. The van der Waals surface area contributed by atoms with Crippen molar-refractivity contribution in [2.24, 2.45) is 11.1 Å². The van der Waals surface area contributed by atoms with Crippen LogP contribution in [0.5, 0.6) is 0 Å². The van der Waals surface area contributed by atoms with Gasteiger partial charge in [-0.05, 0) is 24.6 Å². The molecule has 4 N–H and O–H groups in total. The monoisotopic (exact) mass is 290 g/mol. The van der Waals surface area contributed by atoms with Crippen LogP contribution in [0.3, 0.4) is 0 Å². The van der Waals surface area contributed by atoms with Crippen molar-refractivity contribution in [3.05, 3.63) is 24.0 Å². The fourth-order valence-corrected chi connectivity index (χ4v) is 1.89. The molecule has 0 aromatic heterocycles. The Kier molecular flexibility index (Phi) is 4.84. The highest BCUT2D eigenvalue weighted by Crippen LogP contribution is 2.18. The highest BCUT2D eigenvalue weighted by molar-refractivity contribution is 7.89. The summed E-state index contributed by atoms with van der Waals surface area (Å²) in [5, 5.41) is 16.2. The normalized spacial score (nSPS) is 13.0. The molecule has 0 amide bonds. The predicted molar refractivity (Wildman–Crippen MR) is 67.7 cm³/mol. The van der Waals surface area contributed by atoms with Gasteiger partial charge in [0.2, 0.25) is 10.0 Å². The first kappa shape index (κ1) is 15.4. The molecule has 106 valence electrons. The van der Waals surface area contributed by atoms with Crippen molar-refractivity contribution in [2.75, 3.05) is 11.9 Å². The number of hydrogen-bond donors (Lipinski definition) is 3. The second-order valence-electron chi connectivity index (χ2n) is 4.14. The summed E-state index contributed by atoms with van der Waals surface area (Å²) >= 11 is 0. The number of anilines is 1. The second-order valence-corrected chi connectivity index (χ2v) is 5.70. The first-order chi connectivity index (χ1) is 8.71. The molecule has 0 aliphatic heterocycles. The van der Waals surface area contributed by atoms with Crippen LogP contribution in [0, 0.1) is 11.7 Å². The topological polar surface area (TPSA) is 109 Å². The summed E-state index contributed by atoms with van der Waals surface area (Å²) in [5.41, 5.74) is 0.102. The predicted octanol–water partition coefficient (Wildman–Crippen LogP) is 0.996. The van der Waals surface area contributed by atoms with Gasteiger partial charge in [0, 0.05) is 6.54 Å². The highest BCUT2D eigenvalue weighted by Gasteiger charge is 2.13. The van der Waals surface area contributed by atoms with Crippen molar-refractivity contribution in [1.29, 1.82) is 0 Å². The molecule has 0 spiro atoms. The van der Waals surface area contributed by atoms with Gasteiger partial charge in [-0.15, -0.1) is 0 Å². The smallest absolute Gasteiger partial charge is 0.306 e. The van der Waals surface area contributed by atoms with Gasteiger partial charge in [-0.25, -0.2) is 17.9 Å². The number of benzene rings is 1. The maximum absolute atomic E-state index is 13.6. The lowest BCUT2D eigenvalue weighted by Gasteiger charge is -2.10. The van der Waals surface area contributed by atoms with Crippen molar-refractivity contribution in [1.82, 2.24) is 0 Å². The summed E-state index contributed by atoms with van der Waals surface area (Å²) in [6.07, 6.45) is 0.325. The van der Waals surface area contributed by atoms with E-state index in [1.807, 2.05) is 0 Å². The largest absolute Gasteiger partial charge is 0.481 e. The van der Waals surface area contributed by atoms with Crippen LogP contribution in [0.4, 0.5) is 10.1 Å². The van der Waals surface area contributed by atoms with Crippen molar-refractivity contribution in [3.63, 3.8) is 0 Å². The van der Waals surface area contributed by atoms with Gasteiger partial charge in [0.25, 0.3) is 0 Å². The van der Waals surface area contributed by atoms with Gasteiger partial charge in [-0.3, -0.25) is 4.79 Å². The Bertz CT molecular complexity index is 574. The van der Waals surface area contributed by atoms with Crippen LogP contribution in [-0.4, -0.2) is 26.0 Å². The second kappa shape index (κ2) is 5.98. The zero-order chi connectivity index (χ0) is 14.6. The van der Waals surface area contributed by atoms with Gasteiger partial charge in [-0.1, -0.05) is 6.92 Å². The molecule has 0 heterocycles. The Hall–Kier alpha value is -1.67. The molecule has 0 bridgehead atoms. The zero-order valence-electron chi connectivity index (χ0n) is 10.3. The third kappa shape index (κ3) is 4.49.